The number of alkyl halides is 2. The summed E-state index contributed by atoms with van der Waals surface area (Å²) in [5.74, 6) is -3.47. The molecule has 1 aliphatic heterocycles. The Balaban J connectivity index is 1.42. The smallest absolute Gasteiger partial charge is 0.253 e. The van der Waals surface area contributed by atoms with E-state index >= 15 is 0 Å². The van der Waals surface area contributed by atoms with Crippen molar-refractivity contribution < 1.29 is 27.1 Å². The molecule has 0 bridgehead atoms. The summed E-state index contributed by atoms with van der Waals surface area (Å²) in [5, 5.41) is 10.4. The van der Waals surface area contributed by atoms with Crippen LogP contribution in [0.15, 0.2) is 52.9 Å². The molecule has 1 N–H and O–H groups in total. The van der Waals surface area contributed by atoms with Crippen molar-refractivity contribution in [2.75, 3.05) is 13.1 Å². The van der Waals surface area contributed by atoms with Crippen LogP contribution in [0.1, 0.15) is 42.1 Å². The number of carbonyl (C=O) groups is 1. The van der Waals surface area contributed by atoms with E-state index in [0.29, 0.717) is 16.6 Å². The van der Waals surface area contributed by atoms with Gasteiger partial charge in [0.25, 0.3) is 5.91 Å². The molecule has 0 saturated carbocycles. The van der Waals surface area contributed by atoms with E-state index in [9.17, 15) is 27.1 Å². The van der Waals surface area contributed by atoms with Gasteiger partial charge in [0.15, 0.2) is 9.84 Å². The van der Waals surface area contributed by atoms with Crippen LogP contribution in [-0.2, 0) is 15.6 Å². The van der Waals surface area contributed by atoms with Crippen molar-refractivity contribution in [1.82, 2.24) is 9.88 Å². The Bertz CT molecular complexity index is 1260. The number of piperidine rings is 1. The first kappa shape index (κ1) is 23.7. The largest absolute Gasteiger partial charge is 0.390 e. The fraction of sp³-hybridized carbons (Fsp3) is 0.391. The second-order valence-corrected chi connectivity index (χ2v) is 11.5. The van der Waals surface area contributed by atoms with Gasteiger partial charge in [-0.15, -0.1) is 11.3 Å². The minimum Gasteiger partial charge on any atom is -0.390 e. The van der Waals surface area contributed by atoms with Gasteiger partial charge in [-0.3, -0.25) is 4.79 Å². The highest BCUT2D eigenvalue weighted by atomic mass is 32.2. The van der Waals surface area contributed by atoms with Gasteiger partial charge in [0.1, 0.15) is 0 Å². The number of hydrogen-bond acceptors (Lipinski definition) is 6. The van der Waals surface area contributed by atoms with E-state index < -0.39 is 27.8 Å². The maximum atomic E-state index is 13.3. The molecule has 0 spiro atoms. The average Bonchev–Trinajstić information content (AvgIpc) is 3.21. The number of sulfone groups is 1. The van der Waals surface area contributed by atoms with Gasteiger partial charge in [-0.1, -0.05) is 18.2 Å². The van der Waals surface area contributed by atoms with Gasteiger partial charge in [0.2, 0.25) is 5.92 Å². The highest BCUT2D eigenvalue weighted by Crippen LogP contribution is 2.34. The van der Waals surface area contributed by atoms with Gasteiger partial charge in [-0.25, -0.2) is 22.2 Å². The van der Waals surface area contributed by atoms with E-state index in [4.69, 9.17) is 0 Å². The van der Waals surface area contributed by atoms with E-state index in [-0.39, 0.29) is 42.5 Å². The third-order valence-corrected chi connectivity index (χ3v) is 8.34. The van der Waals surface area contributed by atoms with Crippen molar-refractivity contribution >= 4 is 37.3 Å². The maximum absolute atomic E-state index is 13.3. The van der Waals surface area contributed by atoms with E-state index in [1.54, 1.807) is 41.9 Å². The van der Waals surface area contributed by atoms with Crippen LogP contribution in [0.25, 0.3) is 10.2 Å². The number of likely N-dealkylation sites (tertiary alicyclic amines) is 1. The molecular weight excluding hydrogens is 470 g/mol. The Hall–Kier alpha value is -2.43. The number of para-hydroxylation sites is 1. The summed E-state index contributed by atoms with van der Waals surface area (Å²) in [6.07, 6.45) is -0.457. The fourth-order valence-electron chi connectivity index (χ4n) is 4.22. The first-order valence-electron chi connectivity index (χ1n) is 10.5. The number of fused-ring (bicyclic) bond motifs is 1. The molecule has 0 atom stereocenters. The van der Waals surface area contributed by atoms with Crippen molar-refractivity contribution in [2.24, 2.45) is 0 Å². The number of carbonyl (C=O) groups excluding carboxylic acids is 1. The lowest BCUT2D eigenvalue weighted by atomic mass is 9.86. The fourth-order valence-corrected chi connectivity index (χ4v) is 6.51. The monoisotopic (exact) mass is 494 g/mol. The second kappa shape index (κ2) is 8.73. The van der Waals surface area contributed by atoms with Crippen LogP contribution >= 0.6 is 11.3 Å². The van der Waals surface area contributed by atoms with Crippen LogP contribution in [0.2, 0.25) is 0 Å². The summed E-state index contributed by atoms with van der Waals surface area (Å²) in [4.78, 5) is 18.7. The second-order valence-electron chi connectivity index (χ2n) is 8.67. The van der Waals surface area contributed by atoms with Crippen molar-refractivity contribution in [2.45, 2.75) is 48.4 Å². The van der Waals surface area contributed by atoms with E-state index in [1.807, 2.05) is 6.07 Å². The van der Waals surface area contributed by atoms with Crippen molar-refractivity contribution in [1.29, 1.82) is 0 Å². The summed E-state index contributed by atoms with van der Waals surface area (Å²) < 4.78 is 53.3. The van der Waals surface area contributed by atoms with E-state index in [1.165, 1.54) is 16.2 Å². The number of benzene rings is 2. The molecule has 0 unspecified atom stereocenters. The molecule has 1 aromatic heterocycles. The van der Waals surface area contributed by atoms with E-state index in [2.05, 4.69) is 4.98 Å². The standard InChI is InChI=1S/C23H24F2N2O4S2/c1-22(24,25)14-23(29)9-11-27(12-10-23)21(28)17-7-5-16(6-8-17)13-33(30,31)19-4-2-3-18-20(19)26-15-32-18/h2-8,15,29H,9-14H2,1H3. The molecule has 33 heavy (non-hydrogen) atoms. The number of hydrogen-bond donors (Lipinski definition) is 1. The predicted molar refractivity (Wildman–Crippen MR) is 122 cm³/mol. The maximum Gasteiger partial charge on any atom is 0.253 e. The Labute approximate surface area is 194 Å². The molecule has 2 aromatic carbocycles. The molecule has 176 valence electrons. The van der Waals surface area contributed by atoms with Gasteiger partial charge < -0.3 is 10.0 Å². The van der Waals surface area contributed by atoms with Crippen LogP contribution < -0.4 is 0 Å². The number of thiazole rings is 1. The summed E-state index contributed by atoms with van der Waals surface area (Å²) in [5.41, 5.74) is 1.51. The summed E-state index contributed by atoms with van der Waals surface area (Å²) >= 11 is 1.37. The number of amides is 1. The SMILES string of the molecule is CC(F)(F)CC1(O)CCN(C(=O)c2ccc(CS(=O)(=O)c3cccc4scnc34)cc2)CC1. The summed E-state index contributed by atoms with van der Waals surface area (Å²) in [7, 11) is -3.63. The third kappa shape index (κ3) is 5.39. The molecule has 3 aromatic rings. The molecule has 0 radical (unpaired) electrons. The van der Waals surface area contributed by atoms with Crippen molar-refractivity contribution in [3.05, 3.63) is 59.1 Å². The number of aromatic nitrogens is 1. The third-order valence-electron chi connectivity index (χ3n) is 5.84. The first-order chi connectivity index (χ1) is 15.5. The Morgan fingerprint density at radius 3 is 2.48 bits per heavy atom. The summed E-state index contributed by atoms with van der Waals surface area (Å²) in [6, 6.07) is 11.4. The molecule has 6 nitrogen and oxygen atoms in total. The van der Waals surface area contributed by atoms with Gasteiger partial charge in [-0.2, -0.15) is 0 Å². The molecule has 1 amide bonds. The van der Waals surface area contributed by atoms with E-state index in [0.717, 1.165) is 11.6 Å². The lowest BCUT2D eigenvalue weighted by Crippen LogP contribution is -2.48. The average molecular weight is 495 g/mol. The van der Waals surface area contributed by atoms with Gasteiger partial charge in [-0.05, 0) is 49.6 Å². The number of rotatable bonds is 6. The first-order valence-corrected chi connectivity index (χ1v) is 13.0. The van der Waals surface area contributed by atoms with Crippen LogP contribution in [0.4, 0.5) is 8.78 Å². The van der Waals surface area contributed by atoms with Crippen LogP contribution in [0.3, 0.4) is 0 Å². The zero-order valence-corrected chi connectivity index (χ0v) is 19.6. The quantitative estimate of drug-likeness (QED) is 0.553. The highest BCUT2D eigenvalue weighted by Gasteiger charge is 2.40. The number of aliphatic hydroxyl groups is 1. The minimum absolute atomic E-state index is 0.0840. The van der Waals surface area contributed by atoms with Gasteiger partial charge in [0, 0.05) is 25.1 Å². The minimum atomic E-state index is -3.63. The Kier molecular flexibility index (Phi) is 6.28. The molecule has 1 saturated heterocycles. The molecule has 4 rings (SSSR count). The van der Waals surface area contributed by atoms with Crippen molar-refractivity contribution in [3.63, 3.8) is 0 Å². The van der Waals surface area contributed by atoms with Crippen molar-refractivity contribution in [3.8, 4) is 0 Å². The Morgan fingerprint density at radius 2 is 1.85 bits per heavy atom. The highest BCUT2D eigenvalue weighted by molar-refractivity contribution is 7.90. The number of halogens is 2. The molecular formula is C23H24F2N2O4S2. The lowest BCUT2D eigenvalue weighted by molar-refractivity contribution is -0.0984. The molecule has 1 fully saturated rings. The van der Waals surface area contributed by atoms with Gasteiger partial charge in [0.05, 0.1) is 32.0 Å². The summed E-state index contributed by atoms with van der Waals surface area (Å²) in [6.45, 7) is 1.14. The Morgan fingerprint density at radius 1 is 1.18 bits per heavy atom. The number of nitrogens with zero attached hydrogens (tertiary/aromatic N) is 2. The normalized spacial score (nSPS) is 16.8. The lowest BCUT2D eigenvalue weighted by Gasteiger charge is -2.39. The van der Waals surface area contributed by atoms with Crippen LogP contribution in [0.5, 0.6) is 0 Å². The zero-order valence-electron chi connectivity index (χ0n) is 18.0. The predicted octanol–water partition coefficient (Wildman–Crippen LogP) is 4.28. The van der Waals surface area contributed by atoms with Gasteiger partial charge >= 0.3 is 0 Å². The van der Waals surface area contributed by atoms with Crippen LogP contribution in [0, 0.1) is 0 Å². The molecule has 0 aliphatic carbocycles. The zero-order chi connectivity index (χ0) is 23.9. The topological polar surface area (TPSA) is 87.6 Å². The molecule has 10 heteroatoms. The molecule has 1 aliphatic rings. The molecule has 2 heterocycles. The van der Waals surface area contributed by atoms with Crippen LogP contribution in [-0.4, -0.2) is 53.9 Å².